The number of nitrogens with zero attached hydrogens (tertiary/aromatic N) is 4. The first kappa shape index (κ1) is 16.7. The van der Waals surface area contributed by atoms with Crippen LogP contribution in [0.4, 0.5) is 0 Å². The molecule has 2 aromatic heterocycles. The molecule has 0 radical (unpaired) electrons. The quantitative estimate of drug-likeness (QED) is 0.645. The summed E-state index contributed by atoms with van der Waals surface area (Å²) in [5.74, 6) is 0.734. The fraction of sp³-hybridized carbons (Fsp3) is 0.429. The Hall–Kier alpha value is -1.66. The second kappa shape index (κ2) is 7.56. The van der Waals surface area contributed by atoms with Gasteiger partial charge in [0.1, 0.15) is 5.15 Å². The molecule has 0 aliphatic rings. The zero-order valence-electron chi connectivity index (χ0n) is 12.9. The van der Waals surface area contributed by atoms with Gasteiger partial charge in [-0.1, -0.05) is 23.2 Å². The largest absolute Gasteiger partial charge is 0.356 e. The van der Waals surface area contributed by atoms with Crippen LogP contribution < -0.4 is 10.6 Å². The molecule has 0 amide bonds. The number of rotatable bonds is 5. The predicted octanol–water partition coefficient (Wildman–Crippen LogP) is 1.97. The van der Waals surface area contributed by atoms with Crippen molar-refractivity contribution in [2.45, 2.75) is 13.0 Å². The molecular formula is C14H20Cl2N6. The van der Waals surface area contributed by atoms with Crippen molar-refractivity contribution in [3.63, 3.8) is 0 Å². The molecule has 2 N–H and O–H groups in total. The van der Waals surface area contributed by atoms with Gasteiger partial charge in [-0.05, 0) is 18.1 Å². The van der Waals surface area contributed by atoms with Crippen molar-refractivity contribution in [3.8, 4) is 0 Å². The monoisotopic (exact) mass is 342 g/mol. The highest BCUT2D eigenvalue weighted by molar-refractivity contribution is 6.41. The Morgan fingerprint density at radius 1 is 1.32 bits per heavy atom. The van der Waals surface area contributed by atoms with Crippen molar-refractivity contribution in [2.75, 3.05) is 13.6 Å². The van der Waals surface area contributed by atoms with E-state index in [9.17, 15) is 0 Å². The average Bonchev–Trinajstić information content (AvgIpc) is 3.02. The maximum Gasteiger partial charge on any atom is 0.191 e. The molecule has 8 heteroatoms. The van der Waals surface area contributed by atoms with Crippen LogP contribution in [0.1, 0.15) is 11.3 Å². The van der Waals surface area contributed by atoms with Crippen molar-refractivity contribution in [3.05, 3.63) is 39.9 Å². The molecule has 0 atom stereocenters. The number of halogens is 2. The molecule has 0 saturated carbocycles. The van der Waals surface area contributed by atoms with E-state index in [1.54, 1.807) is 11.7 Å². The molecule has 6 nitrogen and oxygen atoms in total. The van der Waals surface area contributed by atoms with Crippen molar-refractivity contribution in [1.82, 2.24) is 25.0 Å². The normalized spacial score (nSPS) is 11.8. The van der Waals surface area contributed by atoms with E-state index < -0.39 is 0 Å². The number of aromatic nitrogens is 3. The van der Waals surface area contributed by atoms with E-state index in [0.717, 1.165) is 24.6 Å². The number of nitrogens with one attached hydrogen (secondary N) is 2. The first-order valence-corrected chi connectivity index (χ1v) is 7.68. The standard InChI is InChI=1S/C14H20Cl2N6/c1-17-14(18-5-4-10-7-20-21(2)9-10)19-8-11-6-12(15)13(16)22(11)3/h6-7,9H,4-5,8H2,1-3H3,(H2,17,18,19). The Bertz CT molecular complexity index is 658. The van der Waals surface area contributed by atoms with Crippen LogP contribution >= 0.6 is 23.2 Å². The first-order chi connectivity index (χ1) is 10.5. The highest BCUT2D eigenvalue weighted by atomic mass is 35.5. The SMILES string of the molecule is CN=C(NCCc1cnn(C)c1)NCc1cc(Cl)c(Cl)n1C. The van der Waals surface area contributed by atoms with Gasteiger partial charge < -0.3 is 15.2 Å². The fourth-order valence-electron chi connectivity index (χ4n) is 2.08. The average molecular weight is 343 g/mol. The summed E-state index contributed by atoms with van der Waals surface area (Å²) in [6.45, 7) is 1.37. The predicted molar refractivity (Wildman–Crippen MR) is 90.5 cm³/mol. The lowest BCUT2D eigenvalue weighted by Gasteiger charge is -2.12. The van der Waals surface area contributed by atoms with E-state index in [-0.39, 0.29) is 0 Å². The van der Waals surface area contributed by atoms with Gasteiger partial charge in [0.05, 0.1) is 17.8 Å². The Morgan fingerprint density at radius 3 is 2.64 bits per heavy atom. The molecule has 0 saturated heterocycles. The van der Waals surface area contributed by atoms with Gasteiger partial charge in [-0.25, -0.2) is 0 Å². The van der Waals surface area contributed by atoms with E-state index >= 15 is 0 Å². The minimum absolute atomic E-state index is 0.540. The van der Waals surface area contributed by atoms with Crippen LogP contribution in [0.15, 0.2) is 23.5 Å². The molecule has 0 aliphatic heterocycles. The molecule has 0 fully saturated rings. The van der Waals surface area contributed by atoms with Gasteiger partial charge in [-0.15, -0.1) is 0 Å². The van der Waals surface area contributed by atoms with E-state index in [4.69, 9.17) is 23.2 Å². The zero-order valence-corrected chi connectivity index (χ0v) is 14.4. The molecule has 22 heavy (non-hydrogen) atoms. The van der Waals surface area contributed by atoms with Gasteiger partial charge in [0.15, 0.2) is 5.96 Å². The molecule has 2 heterocycles. The van der Waals surface area contributed by atoms with Gasteiger partial charge in [0, 0.05) is 39.6 Å². The van der Waals surface area contributed by atoms with Crippen molar-refractivity contribution in [1.29, 1.82) is 0 Å². The maximum absolute atomic E-state index is 6.05. The Labute approximate surface area is 140 Å². The van der Waals surface area contributed by atoms with Gasteiger partial charge in [-0.2, -0.15) is 5.10 Å². The summed E-state index contributed by atoms with van der Waals surface area (Å²) in [5.41, 5.74) is 2.18. The first-order valence-electron chi connectivity index (χ1n) is 6.93. The highest BCUT2D eigenvalue weighted by Crippen LogP contribution is 2.24. The molecule has 2 rings (SSSR count). The van der Waals surface area contributed by atoms with Crippen LogP contribution in [-0.4, -0.2) is 33.9 Å². The lowest BCUT2D eigenvalue weighted by atomic mass is 10.2. The summed E-state index contributed by atoms with van der Waals surface area (Å²) < 4.78 is 3.64. The number of aliphatic imine (C=N–C) groups is 1. The molecule has 0 aromatic carbocycles. The Balaban J connectivity index is 1.81. The topological polar surface area (TPSA) is 59.2 Å². The number of hydrogen-bond acceptors (Lipinski definition) is 2. The number of guanidine groups is 1. The Kier molecular flexibility index (Phi) is 5.74. The van der Waals surface area contributed by atoms with Gasteiger partial charge >= 0.3 is 0 Å². The second-order valence-corrected chi connectivity index (χ2v) is 5.72. The molecule has 120 valence electrons. The summed E-state index contributed by atoms with van der Waals surface area (Å²) in [5, 5.41) is 11.7. The van der Waals surface area contributed by atoms with E-state index in [1.165, 1.54) is 5.56 Å². The summed E-state index contributed by atoms with van der Waals surface area (Å²) >= 11 is 12.1. The maximum atomic E-state index is 6.05. The number of hydrogen-bond donors (Lipinski definition) is 2. The van der Waals surface area contributed by atoms with Crippen LogP contribution in [0.25, 0.3) is 0 Å². The van der Waals surface area contributed by atoms with Crippen LogP contribution in [0.3, 0.4) is 0 Å². The lowest BCUT2D eigenvalue weighted by Crippen LogP contribution is -2.38. The smallest absolute Gasteiger partial charge is 0.191 e. The van der Waals surface area contributed by atoms with Gasteiger partial charge in [-0.3, -0.25) is 9.67 Å². The zero-order chi connectivity index (χ0) is 16.1. The highest BCUT2D eigenvalue weighted by Gasteiger charge is 2.09. The molecule has 2 aromatic rings. The molecule has 0 spiro atoms. The lowest BCUT2D eigenvalue weighted by molar-refractivity contribution is 0.745. The summed E-state index contributed by atoms with van der Waals surface area (Å²) in [6.07, 6.45) is 4.76. The molecule has 0 unspecified atom stereocenters. The third-order valence-electron chi connectivity index (χ3n) is 3.34. The fourth-order valence-corrected chi connectivity index (χ4v) is 2.50. The second-order valence-electron chi connectivity index (χ2n) is 4.96. The molecular weight excluding hydrogens is 323 g/mol. The minimum atomic E-state index is 0.540. The van der Waals surface area contributed by atoms with Crippen molar-refractivity contribution in [2.24, 2.45) is 19.1 Å². The molecule has 0 bridgehead atoms. The summed E-state index contributed by atoms with van der Waals surface area (Å²) in [4.78, 5) is 4.20. The Morgan fingerprint density at radius 2 is 2.09 bits per heavy atom. The van der Waals surface area contributed by atoms with Gasteiger partial charge in [0.2, 0.25) is 0 Å². The third kappa shape index (κ3) is 4.18. The van der Waals surface area contributed by atoms with Crippen molar-refractivity contribution < 1.29 is 0 Å². The summed E-state index contributed by atoms with van der Waals surface area (Å²) in [7, 11) is 5.53. The number of aryl methyl sites for hydroxylation is 1. The summed E-state index contributed by atoms with van der Waals surface area (Å²) in [6, 6.07) is 1.85. The van der Waals surface area contributed by atoms with Gasteiger partial charge in [0.25, 0.3) is 0 Å². The van der Waals surface area contributed by atoms with Crippen LogP contribution in [0, 0.1) is 0 Å². The van der Waals surface area contributed by atoms with E-state index in [1.807, 2.05) is 37.1 Å². The molecule has 0 aliphatic carbocycles. The third-order valence-corrected chi connectivity index (χ3v) is 4.18. The van der Waals surface area contributed by atoms with Crippen LogP contribution in [0.5, 0.6) is 0 Å². The van der Waals surface area contributed by atoms with Crippen molar-refractivity contribution >= 4 is 29.2 Å². The van der Waals surface area contributed by atoms with E-state index in [0.29, 0.717) is 16.7 Å². The minimum Gasteiger partial charge on any atom is -0.356 e. The van der Waals surface area contributed by atoms with E-state index in [2.05, 4.69) is 20.7 Å². The van der Waals surface area contributed by atoms with Crippen LogP contribution in [0.2, 0.25) is 10.2 Å². The van der Waals surface area contributed by atoms with Crippen LogP contribution in [-0.2, 0) is 27.1 Å².